The highest BCUT2D eigenvalue weighted by atomic mass is 16.7. The van der Waals surface area contributed by atoms with Crippen molar-refractivity contribution in [3.8, 4) is 0 Å². The molecular formula is C71H113NO8. The second-order valence-electron chi connectivity index (χ2n) is 20.8. The van der Waals surface area contributed by atoms with Crippen LogP contribution in [0.1, 0.15) is 213 Å². The second-order valence-corrected chi connectivity index (χ2v) is 20.8. The standard InChI is InChI=1S/C71H113NO8/c1-3-5-7-9-11-13-15-17-19-21-23-24-25-26-27-28-29-30-31-32-33-34-35-36-37-38-39-40-41-42-43-45-47-49-51-53-55-57-59-61-67(75)72-64(63-79-71-70(78)69(77)68(76)66(62-73)80-71)65(74)60-58-56-54-52-50-48-46-44-22-20-18-16-14-12-10-8-6-4-2/h5,7,11,13,17,19,23-24,26-27,29-30,32-33,35-36,38-39,41-42,45,47,50-53,58,60,64-66,68-71,73-74,76-78H,3-4,6,8-10,12,14-16,18,20-22,25,28,31,34,37,40,43-44,46,48-49,54-57,59,61-63H2,1-2H3,(H,72,75)/b7-5-,13-11-,19-17-,24-23-,27-26-,30-29-,33-32-,36-35-,39-38-,42-41-,47-45-,52-50+,53-51-,60-58+. The zero-order valence-electron chi connectivity index (χ0n) is 50.0. The van der Waals surface area contributed by atoms with E-state index in [9.17, 15) is 30.3 Å². The summed E-state index contributed by atoms with van der Waals surface area (Å²) in [5, 5.41) is 54.5. The molecule has 0 aliphatic carbocycles. The number of amides is 1. The van der Waals surface area contributed by atoms with Gasteiger partial charge >= 0.3 is 0 Å². The first kappa shape index (κ1) is 73.6. The average Bonchev–Trinajstić information content (AvgIpc) is 3.46. The summed E-state index contributed by atoms with van der Waals surface area (Å²) in [7, 11) is 0. The molecule has 1 amide bonds. The van der Waals surface area contributed by atoms with Crippen molar-refractivity contribution in [1.29, 1.82) is 0 Å². The summed E-state index contributed by atoms with van der Waals surface area (Å²) < 4.78 is 11.2. The lowest BCUT2D eigenvalue weighted by Gasteiger charge is -2.40. The first-order chi connectivity index (χ1) is 39.3. The van der Waals surface area contributed by atoms with E-state index in [2.05, 4.69) is 177 Å². The van der Waals surface area contributed by atoms with Gasteiger partial charge in [-0.15, -0.1) is 0 Å². The van der Waals surface area contributed by atoms with E-state index in [0.29, 0.717) is 6.42 Å². The SMILES string of the molecule is CC/C=C\C/C=C\C/C=C\C/C=C\C/C=C\C/C=C\C/C=C\C/C=C\C/C=C\C/C=C\C/C=C\C/C=C\CCCCC(=O)NC(COC1OC(CO)C(O)C(O)C1O)C(O)/C=C/CC/C=C/CCCCCCCCCCCCCC. The summed E-state index contributed by atoms with van der Waals surface area (Å²) >= 11 is 0. The van der Waals surface area contributed by atoms with Crippen molar-refractivity contribution in [2.24, 2.45) is 0 Å². The summed E-state index contributed by atoms with van der Waals surface area (Å²) in [6.07, 6.45) is 85.7. The van der Waals surface area contributed by atoms with Crippen molar-refractivity contribution in [2.45, 2.75) is 256 Å². The van der Waals surface area contributed by atoms with Gasteiger partial charge in [-0.05, 0) is 122 Å². The Morgan fingerprint density at radius 2 is 0.787 bits per heavy atom. The van der Waals surface area contributed by atoms with E-state index in [0.717, 1.165) is 109 Å². The largest absolute Gasteiger partial charge is 0.394 e. The first-order valence-corrected chi connectivity index (χ1v) is 31.4. The Balaban J connectivity index is 2.25. The zero-order chi connectivity index (χ0) is 57.9. The Hall–Kier alpha value is -4.45. The van der Waals surface area contributed by atoms with Crippen molar-refractivity contribution in [3.05, 3.63) is 170 Å². The normalized spacial score (nSPS) is 19.7. The van der Waals surface area contributed by atoms with Crippen molar-refractivity contribution in [1.82, 2.24) is 5.32 Å². The van der Waals surface area contributed by atoms with Crippen LogP contribution in [-0.4, -0.2) is 87.5 Å². The van der Waals surface area contributed by atoms with Crippen molar-refractivity contribution in [3.63, 3.8) is 0 Å². The maximum absolute atomic E-state index is 13.1. The number of hydrogen-bond acceptors (Lipinski definition) is 8. The van der Waals surface area contributed by atoms with Crippen LogP contribution in [0.15, 0.2) is 170 Å². The number of ether oxygens (including phenoxy) is 2. The van der Waals surface area contributed by atoms with Crippen molar-refractivity contribution in [2.75, 3.05) is 13.2 Å². The molecule has 0 spiro atoms. The maximum Gasteiger partial charge on any atom is 0.220 e. The molecule has 0 radical (unpaired) electrons. The third-order valence-corrected chi connectivity index (χ3v) is 13.5. The van der Waals surface area contributed by atoms with Gasteiger partial charge in [0.05, 0.1) is 25.4 Å². The molecule has 0 aromatic carbocycles. The number of carbonyl (C=O) groups is 1. The number of hydrogen-bond donors (Lipinski definition) is 6. The van der Waals surface area contributed by atoms with Gasteiger partial charge in [-0.25, -0.2) is 0 Å². The number of aliphatic hydroxyl groups is 5. The third kappa shape index (κ3) is 46.2. The summed E-state index contributed by atoms with van der Waals surface area (Å²) in [5.41, 5.74) is 0. The smallest absolute Gasteiger partial charge is 0.220 e. The molecule has 0 aromatic rings. The fraction of sp³-hybridized carbons (Fsp3) is 0.592. The zero-order valence-corrected chi connectivity index (χ0v) is 50.0. The average molecular weight is 1110 g/mol. The molecule has 9 heteroatoms. The molecule has 1 heterocycles. The molecule has 6 N–H and O–H groups in total. The van der Waals surface area contributed by atoms with Crippen LogP contribution in [0.5, 0.6) is 0 Å². The van der Waals surface area contributed by atoms with Crippen molar-refractivity contribution < 1.29 is 39.8 Å². The molecule has 1 fully saturated rings. The second kappa shape index (κ2) is 57.8. The van der Waals surface area contributed by atoms with Crippen LogP contribution in [0.25, 0.3) is 0 Å². The fourth-order valence-corrected chi connectivity index (χ4v) is 8.62. The molecule has 1 rings (SSSR count). The summed E-state index contributed by atoms with van der Waals surface area (Å²) in [6.45, 7) is 3.61. The van der Waals surface area contributed by atoms with Crippen LogP contribution in [0.3, 0.4) is 0 Å². The lowest BCUT2D eigenvalue weighted by Crippen LogP contribution is -2.60. The highest BCUT2D eigenvalue weighted by molar-refractivity contribution is 5.76. The Morgan fingerprint density at radius 1 is 0.438 bits per heavy atom. The number of aliphatic hydroxyl groups excluding tert-OH is 5. The number of rotatable bonds is 51. The Labute approximate surface area is 488 Å². The molecule has 7 atom stereocenters. The quantitative estimate of drug-likeness (QED) is 0.0261. The van der Waals surface area contributed by atoms with Gasteiger partial charge in [0.1, 0.15) is 24.4 Å². The molecule has 450 valence electrons. The molecule has 9 nitrogen and oxygen atoms in total. The minimum absolute atomic E-state index is 0.230. The predicted octanol–water partition coefficient (Wildman–Crippen LogP) is 16.6. The summed E-state index contributed by atoms with van der Waals surface area (Å²) in [4.78, 5) is 13.1. The van der Waals surface area contributed by atoms with Crippen LogP contribution < -0.4 is 5.32 Å². The lowest BCUT2D eigenvalue weighted by atomic mass is 9.99. The molecule has 0 aromatic heterocycles. The highest BCUT2D eigenvalue weighted by Gasteiger charge is 2.44. The highest BCUT2D eigenvalue weighted by Crippen LogP contribution is 2.23. The molecule has 80 heavy (non-hydrogen) atoms. The van der Waals surface area contributed by atoms with Crippen LogP contribution in [0.2, 0.25) is 0 Å². The molecule has 0 bridgehead atoms. The summed E-state index contributed by atoms with van der Waals surface area (Å²) in [6, 6.07) is -0.859. The van der Waals surface area contributed by atoms with E-state index in [1.807, 2.05) is 6.08 Å². The Bertz CT molecular complexity index is 1860. The summed E-state index contributed by atoms with van der Waals surface area (Å²) in [5.74, 6) is -0.236. The maximum atomic E-state index is 13.1. The van der Waals surface area contributed by atoms with Crippen LogP contribution in [-0.2, 0) is 14.3 Å². The topological polar surface area (TPSA) is 149 Å². The number of unbranched alkanes of at least 4 members (excludes halogenated alkanes) is 15. The molecule has 0 saturated carbocycles. The minimum Gasteiger partial charge on any atom is -0.394 e. The van der Waals surface area contributed by atoms with Crippen LogP contribution in [0, 0.1) is 0 Å². The van der Waals surface area contributed by atoms with E-state index in [-0.39, 0.29) is 18.9 Å². The van der Waals surface area contributed by atoms with E-state index < -0.39 is 49.5 Å². The van der Waals surface area contributed by atoms with E-state index in [1.165, 1.54) is 77.0 Å². The van der Waals surface area contributed by atoms with Crippen LogP contribution in [0.4, 0.5) is 0 Å². The Morgan fingerprint density at radius 3 is 1.20 bits per heavy atom. The van der Waals surface area contributed by atoms with E-state index >= 15 is 0 Å². The van der Waals surface area contributed by atoms with E-state index in [1.54, 1.807) is 6.08 Å². The van der Waals surface area contributed by atoms with Gasteiger partial charge in [0.2, 0.25) is 5.91 Å². The van der Waals surface area contributed by atoms with Gasteiger partial charge < -0.3 is 40.3 Å². The molecular weight excluding hydrogens is 995 g/mol. The van der Waals surface area contributed by atoms with E-state index in [4.69, 9.17) is 9.47 Å². The van der Waals surface area contributed by atoms with Gasteiger partial charge in [0.25, 0.3) is 0 Å². The van der Waals surface area contributed by atoms with Crippen molar-refractivity contribution >= 4 is 5.91 Å². The predicted molar refractivity (Wildman–Crippen MR) is 340 cm³/mol. The van der Waals surface area contributed by atoms with Gasteiger partial charge in [-0.2, -0.15) is 0 Å². The van der Waals surface area contributed by atoms with Crippen LogP contribution >= 0.6 is 0 Å². The number of allylic oxidation sites excluding steroid dienone is 27. The first-order valence-electron chi connectivity index (χ1n) is 31.4. The number of nitrogens with one attached hydrogen (secondary N) is 1. The number of carbonyl (C=O) groups excluding carboxylic acids is 1. The molecule has 7 unspecified atom stereocenters. The van der Waals surface area contributed by atoms with Gasteiger partial charge in [-0.1, -0.05) is 255 Å². The Kier molecular flexibility index (Phi) is 53.1. The van der Waals surface area contributed by atoms with Gasteiger partial charge in [0.15, 0.2) is 6.29 Å². The van der Waals surface area contributed by atoms with Gasteiger partial charge in [-0.3, -0.25) is 4.79 Å². The molecule has 1 saturated heterocycles. The lowest BCUT2D eigenvalue weighted by molar-refractivity contribution is -0.302. The van der Waals surface area contributed by atoms with Gasteiger partial charge in [0, 0.05) is 6.42 Å². The fourth-order valence-electron chi connectivity index (χ4n) is 8.62. The minimum atomic E-state index is -1.59. The monoisotopic (exact) mass is 1110 g/mol. The molecule has 1 aliphatic rings. The molecule has 1 aliphatic heterocycles. The third-order valence-electron chi connectivity index (χ3n) is 13.5.